The molecule has 1 aromatic carbocycles. The van der Waals surface area contributed by atoms with Crippen molar-refractivity contribution in [2.75, 3.05) is 10.6 Å². The molecule has 2 N–H and O–H groups in total. The second kappa shape index (κ2) is 9.17. The summed E-state index contributed by atoms with van der Waals surface area (Å²) in [6.45, 7) is 1.81. The number of carbonyl (C=O) groups is 2. The van der Waals surface area contributed by atoms with Gasteiger partial charge in [-0.2, -0.15) is 15.3 Å². The number of nitrogens with one attached hydrogen (secondary N) is 2. The molecule has 0 aliphatic rings. The van der Waals surface area contributed by atoms with Gasteiger partial charge in [0.05, 0.1) is 34.5 Å². The molecule has 2 amide bonds. The summed E-state index contributed by atoms with van der Waals surface area (Å²) in [5.41, 5.74) is 2.03. The third-order valence-electron chi connectivity index (χ3n) is 5.01. The first-order valence-electron chi connectivity index (χ1n) is 9.87. The lowest BCUT2D eigenvalue weighted by Gasteiger charge is -2.11. The number of rotatable bonds is 7. The van der Waals surface area contributed by atoms with Gasteiger partial charge in [-0.3, -0.25) is 19.0 Å². The molecule has 3 heterocycles. The van der Waals surface area contributed by atoms with E-state index in [0.29, 0.717) is 16.5 Å². The highest BCUT2D eigenvalue weighted by molar-refractivity contribution is 6.32. The summed E-state index contributed by atoms with van der Waals surface area (Å²) in [7, 11) is 3.39. The number of hydrogen-bond donors (Lipinski definition) is 2. The molecule has 0 saturated carbocycles. The number of anilines is 2. The quantitative estimate of drug-likeness (QED) is 0.430. The number of ether oxygens (including phenoxy) is 1. The first-order chi connectivity index (χ1) is 15.8. The van der Waals surface area contributed by atoms with E-state index >= 15 is 0 Å². The lowest BCUT2D eigenvalue weighted by Crippen LogP contribution is -2.22. The van der Waals surface area contributed by atoms with Gasteiger partial charge < -0.3 is 15.4 Å². The van der Waals surface area contributed by atoms with Crippen LogP contribution in [0.25, 0.3) is 0 Å². The van der Waals surface area contributed by atoms with Crippen molar-refractivity contribution in [1.29, 1.82) is 0 Å². The molecule has 0 atom stereocenters. The number of para-hydroxylation sites is 1. The van der Waals surface area contributed by atoms with E-state index in [2.05, 4.69) is 25.9 Å². The van der Waals surface area contributed by atoms with E-state index in [1.165, 1.54) is 21.8 Å². The Hall–Kier alpha value is -4.12. The van der Waals surface area contributed by atoms with E-state index in [1.54, 1.807) is 55.3 Å². The molecule has 0 fully saturated rings. The average Bonchev–Trinajstić information content (AvgIpc) is 3.49. The molecule has 170 valence electrons. The van der Waals surface area contributed by atoms with Gasteiger partial charge >= 0.3 is 0 Å². The Morgan fingerprint density at radius 1 is 0.970 bits per heavy atom. The number of nitrogens with zero attached hydrogens (tertiary/aromatic N) is 6. The van der Waals surface area contributed by atoms with Gasteiger partial charge in [-0.05, 0) is 25.1 Å². The zero-order valence-corrected chi connectivity index (χ0v) is 18.9. The first-order valence-corrected chi connectivity index (χ1v) is 10.3. The summed E-state index contributed by atoms with van der Waals surface area (Å²) in [6, 6.07) is 8.55. The van der Waals surface area contributed by atoms with Gasteiger partial charge in [-0.15, -0.1) is 0 Å². The molecule has 12 heteroatoms. The highest BCUT2D eigenvalue weighted by atomic mass is 35.5. The van der Waals surface area contributed by atoms with Crippen LogP contribution in [0.1, 0.15) is 26.7 Å². The molecule has 33 heavy (non-hydrogen) atoms. The van der Waals surface area contributed by atoms with E-state index in [1.807, 2.05) is 6.92 Å². The van der Waals surface area contributed by atoms with Gasteiger partial charge in [0.2, 0.25) is 0 Å². The Bertz CT molecular complexity index is 1320. The van der Waals surface area contributed by atoms with Crippen LogP contribution in [-0.4, -0.2) is 41.2 Å². The van der Waals surface area contributed by atoms with Gasteiger partial charge in [0.15, 0.2) is 6.73 Å². The molecule has 0 radical (unpaired) electrons. The molecular formula is C21H21ClN8O3. The van der Waals surface area contributed by atoms with Crippen molar-refractivity contribution >= 4 is 34.8 Å². The van der Waals surface area contributed by atoms with Crippen molar-refractivity contribution in [1.82, 2.24) is 29.3 Å². The Morgan fingerprint density at radius 2 is 1.67 bits per heavy atom. The van der Waals surface area contributed by atoms with Crippen LogP contribution in [0.15, 0.2) is 48.9 Å². The number of aryl methyl sites for hydroxylation is 2. The minimum Gasteiger partial charge on any atom is -0.470 e. The van der Waals surface area contributed by atoms with E-state index in [9.17, 15) is 9.59 Å². The van der Waals surface area contributed by atoms with E-state index < -0.39 is 11.8 Å². The molecule has 11 nitrogen and oxygen atoms in total. The summed E-state index contributed by atoms with van der Waals surface area (Å²) >= 11 is 6.11. The Labute approximate surface area is 193 Å². The van der Waals surface area contributed by atoms with Gasteiger partial charge in [-0.25, -0.2) is 4.68 Å². The van der Waals surface area contributed by atoms with Crippen LogP contribution in [-0.2, 0) is 20.8 Å². The molecule has 0 aliphatic carbocycles. The van der Waals surface area contributed by atoms with Crippen molar-refractivity contribution in [3.63, 3.8) is 0 Å². The number of amides is 2. The summed E-state index contributed by atoms with van der Waals surface area (Å²) in [6.07, 6.45) is 4.44. The minimum absolute atomic E-state index is 0.0276. The van der Waals surface area contributed by atoms with Crippen LogP contribution in [0, 0.1) is 6.92 Å². The van der Waals surface area contributed by atoms with Crippen molar-refractivity contribution in [3.8, 4) is 5.75 Å². The molecule has 0 unspecified atom stereocenters. The van der Waals surface area contributed by atoms with Gasteiger partial charge in [0, 0.05) is 20.3 Å². The van der Waals surface area contributed by atoms with E-state index in [0.717, 1.165) is 5.69 Å². The highest BCUT2D eigenvalue weighted by Gasteiger charge is 2.22. The second-order valence-electron chi connectivity index (χ2n) is 7.13. The van der Waals surface area contributed by atoms with Crippen LogP contribution in [0.5, 0.6) is 5.75 Å². The fourth-order valence-electron chi connectivity index (χ4n) is 3.11. The van der Waals surface area contributed by atoms with Crippen LogP contribution in [0.3, 0.4) is 0 Å². The topological polar surface area (TPSA) is 121 Å². The third-order valence-corrected chi connectivity index (χ3v) is 5.33. The number of benzene rings is 1. The first kappa shape index (κ1) is 22.1. The number of halogens is 1. The Kier molecular flexibility index (Phi) is 6.13. The minimum atomic E-state index is -0.477. The molecule has 4 aromatic rings. The predicted molar refractivity (Wildman–Crippen MR) is 121 cm³/mol. The smallest absolute Gasteiger partial charge is 0.276 e. The lowest BCUT2D eigenvalue weighted by molar-refractivity contribution is 0.100. The fourth-order valence-corrected chi connectivity index (χ4v) is 3.30. The number of carbonyl (C=O) groups excluding carboxylic acids is 2. The van der Waals surface area contributed by atoms with Crippen molar-refractivity contribution < 1.29 is 14.3 Å². The maximum absolute atomic E-state index is 12.9. The molecule has 0 bridgehead atoms. The van der Waals surface area contributed by atoms with Crippen molar-refractivity contribution in [3.05, 3.63) is 71.0 Å². The van der Waals surface area contributed by atoms with Crippen LogP contribution in [0.4, 0.5) is 11.4 Å². The summed E-state index contributed by atoms with van der Waals surface area (Å²) < 4.78 is 10.1. The van der Waals surface area contributed by atoms with Crippen LogP contribution < -0.4 is 15.4 Å². The van der Waals surface area contributed by atoms with Crippen molar-refractivity contribution in [2.24, 2.45) is 14.1 Å². The molecule has 4 rings (SSSR count). The average molecular weight is 469 g/mol. The third kappa shape index (κ3) is 4.58. The summed E-state index contributed by atoms with van der Waals surface area (Å²) in [5.74, 6) is -0.440. The monoisotopic (exact) mass is 468 g/mol. The molecule has 3 aromatic heterocycles. The van der Waals surface area contributed by atoms with E-state index in [4.69, 9.17) is 16.3 Å². The number of hydrogen-bond acceptors (Lipinski definition) is 6. The lowest BCUT2D eigenvalue weighted by atomic mass is 10.3. The van der Waals surface area contributed by atoms with Gasteiger partial charge in [0.25, 0.3) is 11.8 Å². The van der Waals surface area contributed by atoms with Gasteiger partial charge in [0.1, 0.15) is 17.1 Å². The number of aromatic nitrogens is 6. The van der Waals surface area contributed by atoms with Crippen LogP contribution >= 0.6 is 11.6 Å². The standard InChI is InChI=1S/C21H21ClN8O3/c1-13-15(10-24-28(13)2)26-21(32)19-16(11-25-29(19)3)27-20(31)17-8-9-23-30(17)12-33-18-7-5-4-6-14(18)22/h4-11H,12H2,1-3H3,(H,26,32)(H,27,31). The largest absolute Gasteiger partial charge is 0.470 e. The zero-order valence-electron chi connectivity index (χ0n) is 18.1. The fraction of sp³-hybridized carbons (Fsp3) is 0.190. The molecular weight excluding hydrogens is 448 g/mol. The van der Waals surface area contributed by atoms with Gasteiger partial charge in [-0.1, -0.05) is 23.7 Å². The second-order valence-corrected chi connectivity index (χ2v) is 7.53. The SMILES string of the molecule is Cc1c(NC(=O)c2c(NC(=O)c3ccnn3COc3ccccc3Cl)cnn2C)cnn1C. The van der Waals surface area contributed by atoms with Crippen LogP contribution in [0.2, 0.25) is 5.02 Å². The molecule has 0 saturated heterocycles. The molecule has 0 spiro atoms. The summed E-state index contributed by atoms with van der Waals surface area (Å²) in [4.78, 5) is 25.8. The molecule has 0 aliphatic heterocycles. The van der Waals surface area contributed by atoms with E-state index in [-0.39, 0.29) is 23.8 Å². The normalized spacial score (nSPS) is 10.8. The zero-order chi connectivity index (χ0) is 23.5. The maximum Gasteiger partial charge on any atom is 0.276 e. The maximum atomic E-state index is 12.9. The highest BCUT2D eigenvalue weighted by Crippen LogP contribution is 2.24. The Balaban J connectivity index is 1.49. The Morgan fingerprint density at radius 3 is 2.39 bits per heavy atom. The van der Waals surface area contributed by atoms with Crippen molar-refractivity contribution in [2.45, 2.75) is 13.7 Å². The predicted octanol–water partition coefficient (Wildman–Crippen LogP) is 2.85. The summed E-state index contributed by atoms with van der Waals surface area (Å²) in [5, 5.41) is 18.3.